The zero-order valence-corrected chi connectivity index (χ0v) is 25.2. The van der Waals surface area contributed by atoms with E-state index < -0.39 is 0 Å². The Kier molecular flexibility index (Phi) is 5.26. The fraction of sp³-hybridized carbons (Fsp3) is 0.119. The summed E-state index contributed by atoms with van der Waals surface area (Å²) in [7, 11) is 0. The van der Waals surface area contributed by atoms with Crippen molar-refractivity contribution in [2.24, 2.45) is 0 Å². The third kappa shape index (κ3) is 3.34. The molecule has 0 unspecified atom stereocenters. The number of aromatic nitrogens is 2. The molecule has 0 aliphatic heterocycles. The number of hydrogen-bond donors (Lipinski definition) is 0. The lowest BCUT2D eigenvalue weighted by Crippen LogP contribution is -2.16. The quantitative estimate of drug-likeness (QED) is 0.195. The maximum absolute atomic E-state index is 4.91. The highest BCUT2D eigenvalue weighted by molar-refractivity contribution is 6.20. The second-order valence-corrected chi connectivity index (χ2v) is 12.6. The van der Waals surface area contributed by atoms with Gasteiger partial charge in [-0.3, -0.25) is 4.57 Å². The SMILES string of the molecule is CCc1nc2ccccc2n1-c1ccc(-c2cc3c(c4ccccc24)C(C)(C)c2c-3c3ccccc3c3ccccc23)cc1. The Morgan fingerprint density at radius 2 is 1.14 bits per heavy atom. The molecule has 0 saturated carbocycles. The molecular formula is C42H32N2. The molecule has 9 rings (SSSR count). The van der Waals surface area contributed by atoms with Crippen LogP contribution in [0.15, 0.2) is 127 Å². The van der Waals surface area contributed by atoms with Crippen molar-refractivity contribution in [2.45, 2.75) is 32.6 Å². The molecule has 0 atom stereocenters. The number of aryl methyl sites for hydroxylation is 1. The van der Waals surface area contributed by atoms with E-state index >= 15 is 0 Å². The Balaban J connectivity index is 1.32. The number of benzene rings is 7. The molecule has 1 aliphatic rings. The minimum atomic E-state index is -0.144. The number of nitrogens with zero attached hydrogens (tertiary/aromatic N) is 2. The Morgan fingerprint density at radius 3 is 1.84 bits per heavy atom. The molecule has 0 bridgehead atoms. The van der Waals surface area contributed by atoms with E-state index in [1.54, 1.807) is 0 Å². The average Bonchev–Trinajstić information content (AvgIpc) is 3.57. The molecule has 0 spiro atoms. The van der Waals surface area contributed by atoms with Crippen molar-refractivity contribution in [3.8, 4) is 27.9 Å². The summed E-state index contributed by atoms with van der Waals surface area (Å²) < 4.78 is 2.30. The summed E-state index contributed by atoms with van der Waals surface area (Å²) in [6, 6.07) is 46.9. The molecule has 2 nitrogen and oxygen atoms in total. The normalized spacial score (nSPS) is 13.6. The lowest BCUT2D eigenvalue weighted by molar-refractivity contribution is 0.672. The largest absolute Gasteiger partial charge is 0.296 e. The van der Waals surface area contributed by atoms with E-state index in [4.69, 9.17) is 4.98 Å². The molecule has 44 heavy (non-hydrogen) atoms. The predicted molar refractivity (Wildman–Crippen MR) is 186 cm³/mol. The summed E-state index contributed by atoms with van der Waals surface area (Å²) in [5.74, 6) is 1.08. The van der Waals surface area contributed by atoms with E-state index in [0.29, 0.717) is 0 Å². The summed E-state index contributed by atoms with van der Waals surface area (Å²) in [6.45, 7) is 7.01. The van der Waals surface area contributed by atoms with Crippen LogP contribution in [0.3, 0.4) is 0 Å². The molecule has 2 heteroatoms. The van der Waals surface area contributed by atoms with Gasteiger partial charge in [-0.15, -0.1) is 0 Å². The van der Waals surface area contributed by atoms with Crippen molar-refractivity contribution in [2.75, 3.05) is 0 Å². The second-order valence-electron chi connectivity index (χ2n) is 12.6. The van der Waals surface area contributed by atoms with Crippen molar-refractivity contribution >= 4 is 43.4 Å². The maximum atomic E-state index is 4.91. The minimum absolute atomic E-state index is 0.144. The summed E-state index contributed by atoms with van der Waals surface area (Å²) in [5, 5.41) is 7.99. The van der Waals surface area contributed by atoms with Crippen molar-refractivity contribution in [1.82, 2.24) is 9.55 Å². The van der Waals surface area contributed by atoms with Gasteiger partial charge in [0.2, 0.25) is 0 Å². The summed E-state index contributed by atoms with van der Waals surface area (Å²) in [5.41, 5.74) is 11.3. The van der Waals surface area contributed by atoms with Gasteiger partial charge in [-0.25, -0.2) is 4.98 Å². The molecule has 7 aromatic carbocycles. The van der Waals surface area contributed by atoms with E-state index in [9.17, 15) is 0 Å². The van der Waals surface area contributed by atoms with Crippen LogP contribution in [0.1, 0.15) is 37.7 Å². The molecule has 8 aromatic rings. The van der Waals surface area contributed by atoms with Crippen LogP contribution in [0, 0.1) is 0 Å². The molecule has 1 heterocycles. The van der Waals surface area contributed by atoms with Gasteiger partial charge in [0, 0.05) is 17.5 Å². The molecule has 0 N–H and O–H groups in total. The number of para-hydroxylation sites is 2. The number of imidazole rings is 1. The first kappa shape index (κ1) is 25.3. The maximum Gasteiger partial charge on any atom is 0.114 e. The Labute approximate surface area is 257 Å². The summed E-state index contributed by atoms with van der Waals surface area (Å²) in [4.78, 5) is 4.91. The van der Waals surface area contributed by atoms with Gasteiger partial charge in [0.1, 0.15) is 5.82 Å². The van der Waals surface area contributed by atoms with Crippen LogP contribution in [-0.4, -0.2) is 9.55 Å². The number of fused-ring (bicyclic) bond motifs is 11. The molecule has 0 amide bonds. The van der Waals surface area contributed by atoms with Crippen LogP contribution >= 0.6 is 0 Å². The standard InChI is InChI=1S/C42H32N2/c1-4-38-43-36-19-11-12-20-37(36)44(38)27-23-21-26(22-24-27)34-25-35-39-31-16-8-5-13-28(31)29-14-6-10-18-33(29)41(39)42(2,3)40(35)32-17-9-7-15-30(32)34/h5-25H,4H2,1-3H3. The van der Waals surface area contributed by atoms with Crippen molar-refractivity contribution in [1.29, 1.82) is 0 Å². The molecule has 0 saturated heterocycles. The van der Waals surface area contributed by atoms with Crippen LogP contribution in [0.5, 0.6) is 0 Å². The first-order valence-corrected chi connectivity index (χ1v) is 15.6. The third-order valence-electron chi connectivity index (χ3n) is 9.88. The van der Waals surface area contributed by atoms with Gasteiger partial charge in [0.15, 0.2) is 0 Å². The van der Waals surface area contributed by atoms with E-state index in [1.807, 2.05) is 0 Å². The van der Waals surface area contributed by atoms with Gasteiger partial charge >= 0.3 is 0 Å². The molecule has 0 radical (unpaired) electrons. The van der Waals surface area contributed by atoms with Crippen LogP contribution < -0.4 is 0 Å². The summed E-state index contributed by atoms with van der Waals surface area (Å²) in [6.07, 6.45) is 0.879. The third-order valence-corrected chi connectivity index (χ3v) is 9.88. The molecule has 1 aliphatic carbocycles. The van der Waals surface area contributed by atoms with Crippen LogP contribution in [-0.2, 0) is 11.8 Å². The Morgan fingerprint density at radius 1 is 0.568 bits per heavy atom. The van der Waals surface area contributed by atoms with Crippen molar-refractivity contribution in [3.05, 3.63) is 144 Å². The second kappa shape index (κ2) is 9.14. The van der Waals surface area contributed by atoms with E-state index in [-0.39, 0.29) is 5.41 Å². The molecule has 210 valence electrons. The van der Waals surface area contributed by atoms with Gasteiger partial charge in [0.05, 0.1) is 11.0 Å². The molecule has 0 fully saturated rings. The highest BCUT2D eigenvalue weighted by atomic mass is 15.1. The first-order chi connectivity index (χ1) is 21.6. The van der Waals surface area contributed by atoms with Gasteiger partial charge in [-0.1, -0.05) is 118 Å². The number of hydrogen-bond acceptors (Lipinski definition) is 1. The van der Waals surface area contributed by atoms with Gasteiger partial charge < -0.3 is 0 Å². The van der Waals surface area contributed by atoms with Gasteiger partial charge in [-0.05, 0) is 96.0 Å². The monoisotopic (exact) mass is 564 g/mol. The lowest BCUT2D eigenvalue weighted by atomic mass is 9.77. The fourth-order valence-corrected chi connectivity index (χ4v) is 8.07. The zero-order valence-electron chi connectivity index (χ0n) is 25.2. The highest BCUT2D eigenvalue weighted by Crippen LogP contribution is 2.57. The Hall–Kier alpha value is -5.21. The first-order valence-electron chi connectivity index (χ1n) is 15.6. The summed E-state index contributed by atoms with van der Waals surface area (Å²) >= 11 is 0. The molecule has 1 aromatic heterocycles. The topological polar surface area (TPSA) is 17.8 Å². The Bertz CT molecular complexity index is 2440. The van der Waals surface area contributed by atoms with E-state index in [0.717, 1.165) is 29.0 Å². The smallest absolute Gasteiger partial charge is 0.114 e. The highest BCUT2D eigenvalue weighted by Gasteiger charge is 2.40. The lowest BCUT2D eigenvalue weighted by Gasteiger charge is -2.25. The minimum Gasteiger partial charge on any atom is -0.296 e. The molecular weight excluding hydrogens is 532 g/mol. The van der Waals surface area contributed by atoms with Crippen LogP contribution in [0.4, 0.5) is 0 Å². The van der Waals surface area contributed by atoms with Gasteiger partial charge in [0.25, 0.3) is 0 Å². The van der Waals surface area contributed by atoms with Crippen molar-refractivity contribution < 1.29 is 0 Å². The van der Waals surface area contributed by atoms with Gasteiger partial charge in [-0.2, -0.15) is 0 Å². The fourth-order valence-electron chi connectivity index (χ4n) is 8.07. The number of rotatable bonds is 3. The van der Waals surface area contributed by atoms with Crippen LogP contribution in [0.25, 0.3) is 71.3 Å². The average molecular weight is 565 g/mol. The van der Waals surface area contributed by atoms with Crippen molar-refractivity contribution in [3.63, 3.8) is 0 Å². The van der Waals surface area contributed by atoms with E-state index in [2.05, 4.69) is 153 Å². The van der Waals surface area contributed by atoms with E-state index in [1.165, 1.54) is 65.7 Å². The predicted octanol–water partition coefficient (Wildman–Crippen LogP) is 11.0. The zero-order chi connectivity index (χ0) is 29.6. The van der Waals surface area contributed by atoms with Crippen LogP contribution in [0.2, 0.25) is 0 Å².